The van der Waals surface area contributed by atoms with Crippen molar-refractivity contribution >= 4 is 54.7 Å². The maximum atomic E-state index is 14.2. The smallest absolute Gasteiger partial charge is 0.497 e. The quantitative estimate of drug-likeness (QED) is 0.0866. The number of benzene rings is 4. The van der Waals surface area contributed by atoms with Gasteiger partial charge in [0.15, 0.2) is 0 Å². The van der Waals surface area contributed by atoms with Crippen molar-refractivity contribution in [3.63, 3.8) is 0 Å². The van der Waals surface area contributed by atoms with Gasteiger partial charge in [-0.05, 0) is 131 Å². The molecule has 2 N–H and O–H groups in total. The van der Waals surface area contributed by atoms with Gasteiger partial charge in [0.1, 0.15) is 22.8 Å². The number of nitrogens with one attached hydrogen (secondary N) is 2. The first-order valence-corrected chi connectivity index (χ1v) is 25.1. The zero-order valence-electron chi connectivity index (χ0n) is 35.7. The Morgan fingerprint density at radius 1 is 0.938 bits per heavy atom. The van der Waals surface area contributed by atoms with Crippen molar-refractivity contribution in [2.24, 2.45) is 0 Å². The maximum Gasteiger partial charge on any atom is 0.501 e. The fraction of sp³-hybridized carbons (Fsp3) is 0.378. The molecular formula is C45H51ClF3N7O5S3. The van der Waals surface area contributed by atoms with Crippen molar-refractivity contribution in [1.29, 1.82) is 0 Å². The molecule has 342 valence electrons. The summed E-state index contributed by atoms with van der Waals surface area (Å²) in [6, 6.07) is 25.9. The molecule has 0 amide bonds. The summed E-state index contributed by atoms with van der Waals surface area (Å²) in [5, 5.41) is 3.68. The molecule has 4 aromatic carbocycles. The van der Waals surface area contributed by atoms with E-state index in [4.69, 9.17) is 16.3 Å². The number of likely N-dealkylation sites (tertiary alicyclic amines) is 1. The van der Waals surface area contributed by atoms with Crippen LogP contribution in [0.3, 0.4) is 0 Å². The zero-order chi connectivity index (χ0) is 45.6. The lowest BCUT2D eigenvalue weighted by molar-refractivity contribution is -0.0435. The summed E-state index contributed by atoms with van der Waals surface area (Å²) in [7, 11) is -5.25. The number of nitrogens with zero attached hydrogens (tertiary/aromatic N) is 5. The highest BCUT2D eigenvalue weighted by Crippen LogP contribution is 2.38. The van der Waals surface area contributed by atoms with Gasteiger partial charge < -0.3 is 15.0 Å². The largest absolute Gasteiger partial charge is 0.501 e. The monoisotopic (exact) mass is 957 g/mol. The van der Waals surface area contributed by atoms with Crippen LogP contribution in [-0.2, 0) is 39.4 Å². The minimum Gasteiger partial charge on any atom is -0.497 e. The Balaban J connectivity index is 1.04. The number of piperidine rings is 1. The van der Waals surface area contributed by atoms with Crippen LogP contribution in [-0.4, -0.2) is 112 Å². The lowest BCUT2D eigenvalue weighted by atomic mass is 9.96. The van der Waals surface area contributed by atoms with Crippen LogP contribution in [0.15, 0.2) is 112 Å². The van der Waals surface area contributed by atoms with Gasteiger partial charge in [0.05, 0.1) is 23.4 Å². The van der Waals surface area contributed by atoms with Crippen molar-refractivity contribution in [3.05, 3.63) is 119 Å². The molecule has 1 fully saturated rings. The number of alkyl halides is 3. The molecule has 19 heteroatoms. The molecule has 1 atom stereocenters. The van der Waals surface area contributed by atoms with Crippen LogP contribution in [0.25, 0.3) is 11.1 Å². The van der Waals surface area contributed by atoms with Crippen molar-refractivity contribution in [3.8, 4) is 16.9 Å². The molecule has 0 spiro atoms. The molecule has 2 aliphatic heterocycles. The molecule has 0 bridgehead atoms. The molecular weight excluding hydrogens is 907 g/mol. The van der Waals surface area contributed by atoms with E-state index >= 15 is 0 Å². The normalized spacial score (nSPS) is 16.1. The van der Waals surface area contributed by atoms with Gasteiger partial charge in [0, 0.05) is 53.0 Å². The number of hydrogen-bond donors (Lipinski definition) is 2. The van der Waals surface area contributed by atoms with E-state index in [2.05, 4.69) is 41.9 Å². The second kappa shape index (κ2) is 20.4. The van der Waals surface area contributed by atoms with Gasteiger partial charge in [0.25, 0.3) is 19.9 Å². The SMILES string of the molecule is COc1ccc(-c2ccc(Cl)cc2)c(CN2CCC(N3CCc4c(ncnc4NS(=O)(=O)c4ccc(N[C@H](CCN(C)C)CSc5ccccc5)c(S(=O)(=O)C(F)(F)F)c4)C3)CC2)c1. The van der Waals surface area contributed by atoms with Gasteiger partial charge in [-0.2, -0.15) is 13.2 Å². The predicted octanol–water partition coefficient (Wildman–Crippen LogP) is 8.45. The highest BCUT2D eigenvalue weighted by atomic mass is 35.5. The number of anilines is 2. The number of sulfone groups is 1. The number of hydrogen-bond acceptors (Lipinski definition) is 12. The minimum atomic E-state index is -5.99. The number of methoxy groups -OCH3 is 1. The summed E-state index contributed by atoms with van der Waals surface area (Å²) < 4.78 is 104. The Morgan fingerprint density at radius 2 is 1.67 bits per heavy atom. The number of rotatable bonds is 17. The summed E-state index contributed by atoms with van der Waals surface area (Å²) in [5.41, 5.74) is -1.47. The van der Waals surface area contributed by atoms with Gasteiger partial charge in [-0.15, -0.1) is 11.8 Å². The van der Waals surface area contributed by atoms with Crippen molar-refractivity contribution in [2.75, 3.05) is 63.2 Å². The van der Waals surface area contributed by atoms with Crippen molar-refractivity contribution in [1.82, 2.24) is 24.7 Å². The third-order valence-corrected chi connectivity index (χ3v) is 15.8. The third-order valence-electron chi connectivity index (χ3n) is 11.5. The first-order chi connectivity index (χ1) is 30.5. The van der Waals surface area contributed by atoms with Crippen LogP contribution in [0.2, 0.25) is 5.02 Å². The maximum absolute atomic E-state index is 14.2. The molecule has 5 aromatic rings. The molecule has 0 unspecified atom stereocenters. The lowest BCUT2D eigenvalue weighted by Gasteiger charge is -2.40. The van der Waals surface area contributed by atoms with Crippen LogP contribution in [0.4, 0.5) is 24.7 Å². The van der Waals surface area contributed by atoms with E-state index in [1.165, 1.54) is 18.1 Å². The Bertz CT molecular complexity index is 2620. The van der Waals surface area contributed by atoms with Gasteiger partial charge in [-0.25, -0.2) is 26.8 Å². The van der Waals surface area contributed by atoms with E-state index in [1.54, 1.807) is 7.11 Å². The predicted molar refractivity (Wildman–Crippen MR) is 246 cm³/mol. The first-order valence-electron chi connectivity index (χ1n) is 20.8. The average molecular weight is 959 g/mol. The highest BCUT2D eigenvalue weighted by Gasteiger charge is 2.48. The molecule has 0 aliphatic carbocycles. The van der Waals surface area contributed by atoms with E-state index in [0.29, 0.717) is 60.6 Å². The Morgan fingerprint density at radius 3 is 2.36 bits per heavy atom. The Labute approximate surface area is 382 Å². The Kier molecular flexibility index (Phi) is 15.1. The van der Waals surface area contributed by atoms with Gasteiger partial charge in [-0.3, -0.25) is 14.5 Å². The second-order valence-corrected chi connectivity index (χ2v) is 21.3. The van der Waals surface area contributed by atoms with Crippen LogP contribution in [0.1, 0.15) is 36.1 Å². The fourth-order valence-corrected chi connectivity index (χ4v) is 11.3. The molecule has 64 heavy (non-hydrogen) atoms. The van der Waals surface area contributed by atoms with Gasteiger partial charge >= 0.3 is 5.51 Å². The fourth-order valence-electron chi connectivity index (χ4n) is 8.06. The summed E-state index contributed by atoms with van der Waals surface area (Å²) in [6.07, 6.45) is 3.97. The molecule has 12 nitrogen and oxygen atoms in total. The summed E-state index contributed by atoms with van der Waals surface area (Å²) in [5.74, 6) is 1.19. The second-order valence-electron chi connectivity index (χ2n) is 16.2. The third kappa shape index (κ3) is 11.5. The van der Waals surface area contributed by atoms with Crippen LogP contribution >= 0.6 is 23.4 Å². The number of aromatic nitrogens is 2. The van der Waals surface area contributed by atoms with Crippen LogP contribution < -0.4 is 14.8 Å². The highest BCUT2D eigenvalue weighted by molar-refractivity contribution is 7.99. The minimum absolute atomic E-state index is 0.00151. The average Bonchev–Trinajstić information content (AvgIpc) is 3.27. The molecule has 1 aromatic heterocycles. The lowest BCUT2D eigenvalue weighted by Crippen LogP contribution is -2.46. The van der Waals surface area contributed by atoms with Gasteiger partial charge in [-0.1, -0.05) is 48.0 Å². The molecule has 7 rings (SSSR count). The van der Waals surface area contributed by atoms with Crippen molar-refractivity contribution in [2.45, 2.75) is 71.1 Å². The Hall–Kier alpha value is -4.43. The number of ether oxygens (including phenoxy) is 1. The summed E-state index contributed by atoms with van der Waals surface area (Å²) >= 11 is 7.63. The topological polar surface area (TPSA) is 137 Å². The van der Waals surface area contributed by atoms with Gasteiger partial charge in [0.2, 0.25) is 0 Å². The van der Waals surface area contributed by atoms with E-state index in [0.717, 1.165) is 71.9 Å². The summed E-state index contributed by atoms with van der Waals surface area (Å²) in [6.45, 7) is 4.11. The number of sulfonamides is 1. The molecule has 1 saturated heterocycles. The van der Waals surface area contributed by atoms with E-state index in [-0.39, 0.29) is 17.5 Å². The van der Waals surface area contributed by atoms with E-state index in [9.17, 15) is 30.0 Å². The summed E-state index contributed by atoms with van der Waals surface area (Å²) in [4.78, 5) is 14.5. The van der Waals surface area contributed by atoms with E-state index in [1.807, 2.05) is 79.7 Å². The number of fused-ring (bicyclic) bond motifs is 1. The van der Waals surface area contributed by atoms with Crippen LogP contribution in [0, 0.1) is 0 Å². The number of halogens is 4. The van der Waals surface area contributed by atoms with Crippen molar-refractivity contribution < 1.29 is 34.7 Å². The molecule has 2 aliphatic rings. The standard InChI is InChI=1S/C45H51ClF3N7O5S3/c1-54(2)21-17-34(29-62-37-7-5-4-6-8-37)52-41-16-14-38(26-43(41)63(57,58)45(47,48)49)64(59,60)53-44-40-20-24-56(28-42(40)50-30-51-44)35-18-22-55(23-19-35)27-32-25-36(61-3)13-15-39(32)31-9-11-33(46)12-10-31/h4-16,25-26,30,34-35,52H,17-24,27-29H2,1-3H3,(H,50,51,53)/t34-/m1/s1. The van der Waals surface area contributed by atoms with E-state index < -0.39 is 41.2 Å². The first kappa shape index (κ1) is 47.5. The number of thioether (sulfide) groups is 1. The molecule has 0 radical (unpaired) electrons. The zero-order valence-corrected chi connectivity index (χ0v) is 38.9. The van der Waals surface area contributed by atoms with Crippen LogP contribution in [0.5, 0.6) is 5.75 Å². The molecule has 0 saturated carbocycles. The molecule has 3 heterocycles.